The summed E-state index contributed by atoms with van der Waals surface area (Å²) in [5, 5.41) is 2.91. The van der Waals surface area contributed by atoms with Gasteiger partial charge in [-0.25, -0.2) is 0 Å². The van der Waals surface area contributed by atoms with Crippen LogP contribution in [0.5, 0.6) is 0 Å². The summed E-state index contributed by atoms with van der Waals surface area (Å²) in [6.45, 7) is 2.69. The standard InChI is InChI=1S/C15H22N2OS/c1-2-7-13(14(16)19)15(18)17-11-6-10-12-8-4-3-5-9-12/h3-5,8-9,13H,2,6-7,10-11H2,1H3,(H2,16,19)(H,17,18). The largest absolute Gasteiger partial charge is 0.393 e. The number of nitrogens with two attached hydrogens (primary N) is 1. The van der Waals surface area contributed by atoms with Gasteiger partial charge in [0.05, 0.1) is 10.9 Å². The van der Waals surface area contributed by atoms with E-state index in [0.717, 1.165) is 25.7 Å². The molecule has 0 spiro atoms. The van der Waals surface area contributed by atoms with Gasteiger partial charge in [0.1, 0.15) is 0 Å². The molecule has 0 aromatic heterocycles. The van der Waals surface area contributed by atoms with Gasteiger partial charge in [-0.2, -0.15) is 0 Å². The molecule has 3 N–H and O–H groups in total. The van der Waals surface area contributed by atoms with Gasteiger partial charge in [0, 0.05) is 6.54 Å². The lowest BCUT2D eigenvalue weighted by Crippen LogP contribution is -2.38. The monoisotopic (exact) mass is 278 g/mol. The van der Waals surface area contributed by atoms with Gasteiger partial charge >= 0.3 is 0 Å². The molecule has 0 saturated carbocycles. The van der Waals surface area contributed by atoms with E-state index in [-0.39, 0.29) is 11.8 Å². The van der Waals surface area contributed by atoms with Crippen molar-refractivity contribution in [3.8, 4) is 0 Å². The lowest BCUT2D eigenvalue weighted by molar-refractivity contribution is -0.123. The Morgan fingerprint density at radius 3 is 2.63 bits per heavy atom. The van der Waals surface area contributed by atoms with Crippen LogP contribution in [0, 0.1) is 5.92 Å². The summed E-state index contributed by atoms with van der Waals surface area (Å²) in [6, 6.07) is 10.2. The van der Waals surface area contributed by atoms with Crippen LogP contribution >= 0.6 is 12.2 Å². The number of hydrogen-bond acceptors (Lipinski definition) is 2. The SMILES string of the molecule is CCCC(C(=O)NCCCc1ccccc1)C(N)=S. The smallest absolute Gasteiger partial charge is 0.229 e. The number of amides is 1. The van der Waals surface area contributed by atoms with E-state index in [4.69, 9.17) is 18.0 Å². The number of carbonyl (C=O) groups is 1. The van der Waals surface area contributed by atoms with E-state index in [9.17, 15) is 4.79 Å². The molecule has 0 aliphatic rings. The third kappa shape index (κ3) is 5.83. The number of aryl methyl sites for hydroxylation is 1. The average molecular weight is 278 g/mol. The summed E-state index contributed by atoms with van der Waals surface area (Å²) >= 11 is 4.93. The van der Waals surface area contributed by atoms with Crippen LogP contribution in [0.1, 0.15) is 31.7 Å². The molecule has 0 radical (unpaired) electrons. The molecule has 0 bridgehead atoms. The van der Waals surface area contributed by atoms with Crippen molar-refractivity contribution >= 4 is 23.1 Å². The lowest BCUT2D eigenvalue weighted by atomic mass is 10.0. The molecule has 1 unspecified atom stereocenters. The quantitative estimate of drug-likeness (QED) is 0.567. The Kier molecular flexibility index (Phi) is 7.11. The highest BCUT2D eigenvalue weighted by atomic mass is 32.1. The molecule has 104 valence electrons. The molecule has 1 atom stereocenters. The molecule has 1 amide bonds. The molecule has 0 fully saturated rings. The van der Waals surface area contributed by atoms with Crippen molar-refractivity contribution in [2.24, 2.45) is 11.7 Å². The first-order valence-electron chi connectivity index (χ1n) is 6.76. The van der Waals surface area contributed by atoms with Crippen LogP contribution in [0.15, 0.2) is 30.3 Å². The van der Waals surface area contributed by atoms with Crippen molar-refractivity contribution in [3.63, 3.8) is 0 Å². The lowest BCUT2D eigenvalue weighted by Gasteiger charge is -2.14. The van der Waals surface area contributed by atoms with Crippen LogP contribution < -0.4 is 11.1 Å². The summed E-state index contributed by atoms with van der Waals surface area (Å²) in [7, 11) is 0. The van der Waals surface area contributed by atoms with Gasteiger partial charge in [0.15, 0.2) is 0 Å². The first kappa shape index (κ1) is 15.6. The molecular formula is C15H22N2OS. The number of hydrogen-bond donors (Lipinski definition) is 2. The molecule has 1 aromatic carbocycles. The Bertz CT molecular complexity index is 406. The molecule has 19 heavy (non-hydrogen) atoms. The summed E-state index contributed by atoms with van der Waals surface area (Å²) in [6.07, 6.45) is 3.51. The number of thiocarbonyl (C=S) groups is 1. The zero-order chi connectivity index (χ0) is 14.1. The molecule has 0 saturated heterocycles. The first-order chi connectivity index (χ1) is 9.15. The molecular weight excluding hydrogens is 256 g/mol. The second kappa shape index (κ2) is 8.64. The first-order valence-corrected chi connectivity index (χ1v) is 7.17. The normalized spacial score (nSPS) is 11.8. The predicted octanol–water partition coefficient (Wildman–Crippen LogP) is 2.44. The fourth-order valence-electron chi connectivity index (χ4n) is 1.96. The second-order valence-corrected chi connectivity index (χ2v) is 5.10. The summed E-state index contributed by atoms with van der Waals surface area (Å²) < 4.78 is 0. The van der Waals surface area contributed by atoms with Crippen molar-refractivity contribution in [2.75, 3.05) is 6.54 Å². The maximum Gasteiger partial charge on any atom is 0.229 e. The number of rotatable bonds is 8. The zero-order valence-electron chi connectivity index (χ0n) is 11.4. The second-order valence-electron chi connectivity index (χ2n) is 4.62. The van der Waals surface area contributed by atoms with Crippen molar-refractivity contribution in [1.29, 1.82) is 0 Å². The predicted molar refractivity (Wildman–Crippen MR) is 83.0 cm³/mol. The Balaban J connectivity index is 2.28. The fourth-order valence-corrected chi connectivity index (χ4v) is 2.19. The molecule has 4 heteroatoms. The highest BCUT2D eigenvalue weighted by Crippen LogP contribution is 2.07. The van der Waals surface area contributed by atoms with Crippen LogP contribution in [-0.2, 0) is 11.2 Å². The Hall–Kier alpha value is -1.42. The molecule has 0 aliphatic heterocycles. The van der Waals surface area contributed by atoms with Crippen LogP contribution in [-0.4, -0.2) is 17.4 Å². The van der Waals surface area contributed by atoms with Crippen LogP contribution in [0.25, 0.3) is 0 Å². The molecule has 1 aromatic rings. The van der Waals surface area contributed by atoms with Gasteiger partial charge < -0.3 is 11.1 Å². The van der Waals surface area contributed by atoms with Crippen molar-refractivity contribution in [1.82, 2.24) is 5.32 Å². The van der Waals surface area contributed by atoms with Gasteiger partial charge in [0.25, 0.3) is 0 Å². The zero-order valence-corrected chi connectivity index (χ0v) is 12.2. The third-order valence-corrected chi connectivity index (χ3v) is 3.31. The summed E-state index contributed by atoms with van der Waals surface area (Å²) in [5.74, 6) is -0.362. The van der Waals surface area contributed by atoms with Crippen molar-refractivity contribution in [3.05, 3.63) is 35.9 Å². The molecule has 1 rings (SSSR count). The van der Waals surface area contributed by atoms with Crippen molar-refractivity contribution in [2.45, 2.75) is 32.6 Å². The van der Waals surface area contributed by atoms with E-state index in [1.54, 1.807) is 0 Å². The van der Waals surface area contributed by atoms with E-state index in [0.29, 0.717) is 11.5 Å². The molecule has 0 heterocycles. The van der Waals surface area contributed by atoms with E-state index in [1.807, 2.05) is 25.1 Å². The van der Waals surface area contributed by atoms with Crippen LogP contribution in [0.4, 0.5) is 0 Å². The molecule has 0 aliphatic carbocycles. The highest BCUT2D eigenvalue weighted by molar-refractivity contribution is 7.80. The Morgan fingerprint density at radius 1 is 1.37 bits per heavy atom. The van der Waals surface area contributed by atoms with Crippen LogP contribution in [0.3, 0.4) is 0 Å². The summed E-state index contributed by atoms with van der Waals surface area (Å²) in [4.78, 5) is 12.2. The van der Waals surface area contributed by atoms with Gasteiger partial charge in [-0.05, 0) is 24.8 Å². The van der Waals surface area contributed by atoms with Gasteiger partial charge in [-0.15, -0.1) is 0 Å². The van der Waals surface area contributed by atoms with E-state index >= 15 is 0 Å². The topological polar surface area (TPSA) is 55.1 Å². The maximum absolute atomic E-state index is 11.9. The number of carbonyl (C=O) groups excluding carboxylic acids is 1. The van der Waals surface area contributed by atoms with Gasteiger partial charge in [-0.3, -0.25) is 4.79 Å². The third-order valence-electron chi connectivity index (χ3n) is 3.02. The minimum Gasteiger partial charge on any atom is -0.393 e. The Morgan fingerprint density at radius 2 is 2.05 bits per heavy atom. The fraction of sp³-hybridized carbons (Fsp3) is 0.467. The van der Waals surface area contributed by atoms with E-state index < -0.39 is 0 Å². The van der Waals surface area contributed by atoms with Crippen molar-refractivity contribution < 1.29 is 4.79 Å². The number of benzene rings is 1. The number of nitrogens with one attached hydrogen (secondary N) is 1. The average Bonchev–Trinajstić information content (AvgIpc) is 2.41. The summed E-state index contributed by atoms with van der Waals surface area (Å²) in [5.41, 5.74) is 6.88. The van der Waals surface area contributed by atoms with Crippen LogP contribution in [0.2, 0.25) is 0 Å². The minimum absolute atomic E-state index is 0.0394. The Labute approximate surface area is 120 Å². The minimum atomic E-state index is -0.322. The van der Waals surface area contributed by atoms with E-state index in [2.05, 4.69) is 17.4 Å². The highest BCUT2D eigenvalue weighted by Gasteiger charge is 2.19. The van der Waals surface area contributed by atoms with E-state index in [1.165, 1.54) is 5.56 Å². The van der Waals surface area contributed by atoms with Gasteiger partial charge in [0.2, 0.25) is 5.91 Å². The molecule has 3 nitrogen and oxygen atoms in total. The van der Waals surface area contributed by atoms with Gasteiger partial charge in [-0.1, -0.05) is 55.9 Å². The maximum atomic E-state index is 11.9.